The predicted molar refractivity (Wildman–Crippen MR) is 111 cm³/mol. The molecule has 2 aliphatic heterocycles. The zero-order valence-corrected chi connectivity index (χ0v) is 18.0. The van der Waals surface area contributed by atoms with E-state index in [1.165, 1.54) is 10.5 Å². The maximum Gasteiger partial charge on any atom is 0.302 e. The Morgan fingerprint density at radius 2 is 2.17 bits per heavy atom. The highest BCUT2D eigenvalue weighted by Crippen LogP contribution is 2.34. The van der Waals surface area contributed by atoms with E-state index in [-0.39, 0.29) is 11.8 Å². The number of ether oxygens (including phenoxy) is 1. The molecule has 1 fully saturated rings. The van der Waals surface area contributed by atoms with Crippen molar-refractivity contribution in [3.8, 4) is 5.75 Å². The van der Waals surface area contributed by atoms with Crippen molar-refractivity contribution >= 4 is 22.8 Å². The zero-order chi connectivity index (χ0) is 20.9. The summed E-state index contributed by atoms with van der Waals surface area (Å²) in [7, 11) is 0. The lowest BCUT2D eigenvalue weighted by atomic mass is 10.0. The second-order valence-electron chi connectivity index (χ2n) is 8.75. The van der Waals surface area contributed by atoms with Crippen molar-refractivity contribution in [2.75, 3.05) is 18.1 Å². The number of anilines is 1. The first-order valence-corrected chi connectivity index (χ1v) is 11.1. The SMILES string of the molecule is C[C@@H](N[S+]([O-])C(C)(C)C)c1cc(F)cn2c(=O)c3c(nc12)N1CCCCC1CO3. The number of halogens is 1. The van der Waals surface area contributed by atoms with Crippen molar-refractivity contribution in [1.29, 1.82) is 0 Å². The van der Waals surface area contributed by atoms with Gasteiger partial charge in [0, 0.05) is 29.7 Å². The third kappa shape index (κ3) is 3.71. The Morgan fingerprint density at radius 3 is 2.90 bits per heavy atom. The summed E-state index contributed by atoms with van der Waals surface area (Å²) in [6.07, 6.45) is 4.30. The Labute approximate surface area is 172 Å². The molecule has 9 heteroatoms. The number of hydrogen-bond donors (Lipinski definition) is 1. The first kappa shape index (κ1) is 20.4. The number of rotatable bonds is 3. The molecule has 0 bridgehead atoms. The van der Waals surface area contributed by atoms with Gasteiger partial charge in [-0.25, -0.2) is 9.37 Å². The molecule has 2 aromatic rings. The van der Waals surface area contributed by atoms with E-state index in [4.69, 9.17) is 9.72 Å². The van der Waals surface area contributed by atoms with Crippen LogP contribution in [0.2, 0.25) is 0 Å². The van der Waals surface area contributed by atoms with Gasteiger partial charge in [-0.2, -0.15) is 0 Å². The molecule has 2 aromatic heterocycles. The molecular weight excluding hydrogens is 395 g/mol. The number of hydrogen-bond acceptors (Lipinski definition) is 6. The molecule has 0 aliphatic carbocycles. The number of aromatic nitrogens is 2. The van der Waals surface area contributed by atoms with Gasteiger partial charge in [0.1, 0.15) is 22.8 Å². The minimum absolute atomic E-state index is 0.177. The summed E-state index contributed by atoms with van der Waals surface area (Å²) < 4.78 is 36.4. The average Bonchev–Trinajstić information content (AvgIpc) is 2.67. The van der Waals surface area contributed by atoms with Crippen LogP contribution >= 0.6 is 0 Å². The number of fused-ring (bicyclic) bond motifs is 4. The first-order chi connectivity index (χ1) is 13.7. The second kappa shape index (κ2) is 7.45. The minimum Gasteiger partial charge on any atom is -0.598 e. The van der Waals surface area contributed by atoms with E-state index in [1.807, 2.05) is 20.8 Å². The van der Waals surface area contributed by atoms with Crippen LogP contribution in [0.25, 0.3) is 5.65 Å². The molecule has 1 N–H and O–H groups in total. The molecule has 0 saturated carbocycles. The zero-order valence-electron chi connectivity index (χ0n) is 17.2. The molecule has 2 aliphatic rings. The van der Waals surface area contributed by atoms with E-state index >= 15 is 0 Å². The molecular formula is C20H27FN4O3S. The lowest BCUT2D eigenvalue weighted by molar-refractivity contribution is 0.234. The third-order valence-corrected chi connectivity index (χ3v) is 7.17. The lowest BCUT2D eigenvalue weighted by Crippen LogP contribution is -2.48. The summed E-state index contributed by atoms with van der Waals surface area (Å²) in [4.78, 5) is 20.0. The lowest BCUT2D eigenvalue weighted by Gasteiger charge is -2.40. The van der Waals surface area contributed by atoms with E-state index in [9.17, 15) is 13.7 Å². The minimum atomic E-state index is -1.35. The molecule has 7 nitrogen and oxygen atoms in total. The van der Waals surface area contributed by atoms with Gasteiger partial charge in [-0.1, -0.05) is 0 Å². The maximum atomic E-state index is 14.4. The van der Waals surface area contributed by atoms with Gasteiger partial charge in [-0.3, -0.25) is 9.20 Å². The molecule has 1 saturated heterocycles. The summed E-state index contributed by atoms with van der Waals surface area (Å²) in [6.45, 7) is 8.64. The molecule has 4 heterocycles. The van der Waals surface area contributed by atoms with Crippen molar-refractivity contribution in [1.82, 2.24) is 14.1 Å². The maximum absolute atomic E-state index is 14.4. The third-order valence-electron chi connectivity index (χ3n) is 5.49. The summed E-state index contributed by atoms with van der Waals surface area (Å²) >= 11 is -1.35. The summed E-state index contributed by atoms with van der Waals surface area (Å²) in [5, 5.41) is 0. The number of pyridine rings is 1. The largest absolute Gasteiger partial charge is 0.598 e. The quantitative estimate of drug-likeness (QED) is 0.766. The molecule has 3 atom stereocenters. The molecule has 0 radical (unpaired) electrons. The van der Waals surface area contributed by atoms with Crippen LogP contribution in [0, 0.1) is 5.82 Å². The van der Waals surface area contributed by atoms with E-state index in [0.717, 1.165) is 32.0 Å². The summed E-state index contributed by atoms with van der Waals surface area (Å²) in [6, 6.07) is 1.09. The van der Waals surface area contributed by atoms with Gasteiger partial charge in [-0.05, 0) is 53.0 Å². The van der Waals surface area contributed by atoms with Crippen LogP contribution in [0.15, 0.2) is 17.1 Å². The standard InChI is InChI=1S/C20H27FN4O3S/c1-12(23-29(27)20(2,3)4)15-9-13(21)10-25-17(15)22-18-16(19(25)26)28-11-14-7-5-6-8-24(14)18/h9-10,12,14,23H,5-8,11H2,1-4H3/t12-,14?,29?/m1/s1. The van der Waals surface area contributed by atoms with Gasteiger partial charge in [0.25, 0.3) is 0 Å². The van der Waals surface area contributed by atoms with Gasteiger partial charge < -0.3 is 14.2 Å². The molecule has 29 heavy (non-hydrogen) atoms. The predicted octanol–water partition coefficient (Wildman–Crippen LogP) is 2.70. The van der Waals surface area contributed by atoms with Crippen molar-refractivity contribution < 1.29 is 13.7 Å². The highest BCUT2D eigenvalue weighted by molar-refractivity contribution is 7.90. The normalized spacial score (nSPS) is 21.3. The Bertz CT molecular complexity index is 990. The van der Waals surface area contributed by atoms with E-state index in [0.29, 0.717) is 23.6 Å². The van der Waals surface area contributed by atoms with Crippen molar-refractivity contribution in [2.24, 2.45) is 0 Å². The molecule has 4 rings (SSSR count). The highest BCUT2D eigenvalue weighted by atomic mass is 32.2. The van der Waals surface area contributed by atoms with Crippen molar-refractivity contribution in [3.05, 3.63) is 34.0 Å². The fourth-order valence-electron chi connectivity index (χ4n) is 3.88. The van der Waals surface area contributed by atoms with Gasteiger partial charge >= 0.3 is 5.56 Å². The van der Waals surface area contributed by atoms with Crippen LogP contribution in [0.4, 0.5) is 10.2 Å². The van der Waals surface area contributed by atoms with E-state index in [1.54, 1.807) is 6.92 Å². The van der Waals surface area contributed by atoms with Crippen LogP contribution in [-0.4, -0.2) is 37.9 Å². The molecule has 0 spiro atoms. The van der Waals surface area contributed by atoms with Gasteiger partial charge in [0.2, 0.25) is 5.75 Å². The Hall–Kier alpha value is -1.84. The number of nitrogens with zero attached hydrogens (tertiary/aromatic N) is 3. The topological polar surface area (TPSA) is 81.9 Å². The fourth-order valence-corrected chi connectivity index (χ4v) is 4.68. The number of nitrogens with one attached hydrogen (secondary N) is 1. The van der Waals surface area contributed by atoms with Crippen molar-refractivity contribution in [3.63, 3.8) is 0 Å². The molecule has 2 unspecified atom stereocenters. The molecule has 158 valence electrons. The van der Waals surface area contributed by atoms with Crippen LogP contribution in [0.3, 0.4) is 0 Å². The van der Waals surface area contributed by atoms with Crippen LogP contribution < -0.4 is 19.9 Å². The van der Waals surface area contributed by atoms with Crippen LogP contribution in [0.5, 0.6) is 5.75 Å². The van der Waals surface area contributed by atoms with Gasteiger partial charge in [0.05, 0.1) is 12.1 Å². The summed E-state index contributed by atoms with van der Waals surface area (Å²) in [5.74, 6) is 0.150. The number of piperidine rings is 1. The van der Waals surface area contributed by atoms with E-state index < -0.39 is 33.5 Å². The second-order valence-corrected chi connectivity index (χ2v) is 10.7. The average molecular weight is 423 g/mol. The molecule has 0 amide bonds. The molecule has 0 aromatic carbocycles. The fraction of sp³-hybridized carbons (Fsp3) is 0.600. The van der Waals surface area contributed by atoms with E-state index in [2.05, 4.69) is 9.62 Å². The smallest absolute Gasteiger partial charge is 0.302 e. The van der Waals surface area contributed by atoms with Gasteiger partial charge in [0.15, 0.2) is 5.82 Å². The summed E-state index contributed by atoms with van der Waals surface area (Å²) in [5.41, 5.74) is 0.427. The van der Waals surface area contributed by atoms with Gasteiger partial charge in [-0.15, -0.1) is 4.72 Å². The highest BCUT2D eigenvalue weighted by Gasteiger charge is 2.34. The monoisotopic (exact) mass is 422 g/mol. The Morgan fingerprint density at radius 1 is 1.41 bits per heavy atom. The van der Waals surface area contributed by atoms with Crippen LogP contribution in [0.1, 0.15) is 58.6 Å². The first-order valence-electron chi connectivity index (χ1n) is 10.00. The van der Waals surface area contributed by atoms with Crippen molar-refractivity contribution in [2.45, 2.75) is 63.8 Å². The van der Waals surface area contributed by atoms with Crippen LogP contribution in [-0.2, 0) is 11.4 Å². The Kier molecular flexibility index (Phi) is 5.25. The Balaban J connectivity index is 1.84.